The summed E-state index contributed by atoms with van der Waals surface area (Å²) in [7, 11) is 0. The molecule has 0 aromatic carbocycles. The average molecular weight is 242 g/mol. The summed E-state index contributed by atoms with van der Waals surface area (Å²) in [6.45, 7) is 6.18. The van der Waals surface area contributed by atoms with Gasteiger partial charge in [-0.2, -0.15) is 11.8 Å². The van der Waals surface area contributed by atoms with E-state index in [1.54, 1.807) is 0 Å². The fourth-order valence-corrected chi connectivity index (χ4v) is 3.67. The van der Waals surface area contributed by atoms with Gasteiger partial charge in [-0.1, -0.05) is 6.92 Å². The van der Waals surface area contributed by atoms with Crippen LogP contribution in [-0.2, 0) is 4.79 Å². The molecular formula is C12H22N2OS. The Balaban J connectivity index is 1.87. The molecule has 2 fully saturated rings. The second kappa shape index (κ2) is 5.92. The van der Waals surface area contributed by atoms with Crippen molar-refractivity contribution in [3.8, 4) is 0 Å². The molecule has 1 atom stereocenters. The summed E-state index contributed by atoms with van der Waals surface area (Å²) in [5.74, 6) is 1.83. The van der Waals surface area contributed by atoms with Gasteiger partial charge in [0.2, 0.25) is 5.91 Å². The van der Waals surface area contributed by atoms with Crippen molar-refractivity contribution in [3.63, 3.8) is 0 Å². The smallest absolute Gasteiger partial charge is 0.225 e. The van der Waals surface area contributed by atoms with Crippen LogP contribution in [0.3, 0.4) is 0 Å². The molecule has 16 heavy (non-hydrogen) atoms. The van der Waals surface area contributed by atoms with Crippen molar-refractivity contribution >= 4 is 17.7 Å². The van der Waals surface area contributed by atoms with Crippen LogP contribution in [0.1, 0.15) is 26.2 Å². The summed E-state index contributed by atoms with van der Waals surface area (Å²) >= 11 is 2.02. The molecule has 2 rings (SSSR count). The van der Waals surface area contributed by atoms with Crippen LogP contribution >= 0.6 is 11.8 Å². The number of carbonyl (C=O) groups excluding carboxylic acids is 1. The number of amides is 1. The van der Waals surface area contributed by atoms with Crippen LogP contribution in [0.4, 0.5) is 0 Å². The second-order valence-electron chi connectivity index (χ2n) is 4.71. The van der Waals surface area contributed by atoms with Gasteiger partial charge >= 0.3 is 0 Å². The topological polar surface area (TPSA) is 32.3 Å². The molecule has 1 unspecified atom stereocenters. The number of thioether (sulfide) groups is 1. The van der Waals surface area contributed by atoms with Gasteiger partial charge in [0.1, 0.15) is 0 Å². The molecule has 2 heterocycles. The number of nitrogens with zero attached hydrogens (tertiary/aromatic N) is 1. The fourth-order valence-electron chi connectivity index (χ4n) is 2.49. The normalized spacial score (nSPS) is 28.1. The zero-order chi connectivity index (χ0) is 11.4. The third kappa shape index (κ3) is 2.92. The first-order valence-electron chi connectivity index (χ1n) is 6.42. The number of carbonyl (C=O) groups is 1. The van der Waals surface area contributed by atoms with Crippen molar-refractivity contribution in [1.82, 2.24) is 10.2 Å². The van der Waals surface area contributed by atoms with Crippen LogP contribution < -0.4 is 5.32 Å². The molecule has 3 nitrogen and oxygen atoms in total. The van der Waals surface area contributed by atoms with Crippen molar-refractivity contribution in [2.24, 2.45) is 5.92 Å². The van der Waals surface area contributed by atoms with E-state index in [4.69, 9.17) is 0 Å². The van der Waals surface area contributed by atoms with Crippen molar-refractivity contribution in [1.29, 1.82) is 0 Å². The number of rotatable bonds is 2. The molecule has 2 aliphatic rings. The minimum absolute atomic E-state index is 0.293. The van der Waals surface area contributed by atoms with E-state index in [1.165, 1.54) is 6.42 Å². The molecule has 0 aliphatic carbocycles. The molecule has 2 saturated heterocycles. The summed E-state index contributed by atoms with van der Waals surface area (Å²) in [6, 6.07) is 0. The van der Waals surface area contributed by atoms with Gasteiger partial charge in [0.15, 0.2) is 0 Å². The van der Waals surface area contributed by atoms with Gasteiger partial charge in [-0.25, -0.2) is 0 Å². The predicted octanol–water partition coefficient (Wildman–Crippen LogP) is 1.34. The number of piperidine rings is 1. The summed E-state index contributed by atoms with van der Waals surface area (Å²) < 4.78 is 0. The van der Waals surface area contributed by atoms with Crippen molar-refractivity contribution in [2.45, 2.75) is 31.4 Å². The minimum Gasteiger partial charge on any atom is -0.341 e. The average Bonchev–Trinajstić information content (AvgIpc) is 2.39. The summed E-state index contributed by atoms with van der Waals surface area (Å²) in [6.07, 6.45) is 3.24. The lowest BCUT2D eigenvalue weighted by molar-refractivity contribution is -0.136. The van der Waals surface area contributed by atoms with E-state index in [0.29, 0.717) is 17.1 Å². The molecule has 0 spiro atoms. The van der Waals surface area contributed by atoms with E-state index in [0.717, 1.165) is 44.8 Å². The highest BCUT2D eigenvalue weighted by atomic mass is 32.2. The summed E-state index contributed by atoms with van der Waals surface area (Å²) in [5, 5.41) is 3.98. The van der Waals surface area contributed by atoms with Crippen LogP contribution in [0.2, 0.25) is 0 Å². The molecule has 92 valence electrons. The van der Waals surface area contributed by atoms with Crippen molar-refractivity contribution in [2.75, 3.05) is 31.9 Å². The van der Waals surface area contributed by atoms with Crippen molar-refractivity contribution < 1.29 is 4.79 Å². The van der Waals surface area contributed by atoms with E-state index in [9.17, 15) is 4.79 Å². The van der Waals surface area contributed by atoms with Gasteiger partial charge in [0.25, 0.3) is 0 Å². The second-order valence-corrected chi connectivity index (χ2v) is 6.12. The first-order chi connectivity index (χ1) is 7.81. The van der Waals surface area contributed by atoms with Gasteiger partial charge in [0, 0.05) is 30.0 Å². The van der Waals surface area contributed by atoms with Gasteiger partial charge in [-0.3, -0.25) is 4.79 Å². The fraction of sp³-hybridized carbons (Fsp3) is 0.917. The third-order valence-corrected chi connectivity index (χ3v) is 4.97. The Bertz CT molecular complexity index is 241. The highest BCUT2D eigenvalue weighted by Gasteiger charge is 2.29. The first kappa shape index (κ1) is 12.2. The Labute approximate surface area is 102 Å². The molecule has 0 bridgehead atoms. The molecule has 0 radical (unpaired) electrons. The van der Waals surface area contributed by atoms with Crippen LogP contribution in [-0.4, -0.2) is 48.0 Å². The van der Waals surface area contributed by atoms with Gasteiger partial charge in [-0.15, -0.1) is 0 Å². The molecule has 0 aromatic heterocycles. The maximum absolute atomic E-state index is 12.3. The highest BCUT2D eigenvalue weighted by molar-refractivity contribution is 8.00. The largest absolute Gasteiger partial charge is 0.341 e. The molecule has 1 amide bonds. The predicted molar refractivity (Wildman–Crippen MR) is 68.7 cm³/mol. The van der Waals surface area contributed by atoms with E-state index < -0.39 is 0 Å². The Morgan fingerprint density at radius 1 is 1.44 bits per heavy atom. The lowest BCUT2D eigenvalue weighted by atomic mass is 9.96. The number of nitrogens with one attached hydrogen (secondary N) is 1. The van der Waals surface area contributed by atoms with E-state index in [1.807, 2.05) is 11.8 Å². The lowest BCUT2D eigenvalue weighted by Gasteiger charge is -2.35. The highest BCUT2D eigenvalue weighted by Crippen LogP contribution is 2.24. The standard InChI is InChI=1S/C12H22N2OS/c1-2-11-9-14(7-8-16-11)12(15)10-3-5-13-6-4-10/h10-11,13H,2-9H2,1H3. The monoisotopic (exact) mass is 242 g/mol. The maximum Gasteiger partial charge on any atom is 0.225 e. The molecule has 0 aromatic rings. The SMILES string of the molecule is CCC1CN(C(=O)C2CCNCC2)CCS1. The number of hydrogen-bond acceptors (Lipinski definition) is 3. The van der Waals surface area contributed by atoms with Crippen LogP contribution in [0, 0.1) is 5.92 Å². The quantitative estimate of drug-likeness (QED) is 0.793. The summed E-state index contributed by atoms with van der Waals surface area (Å²) in [4.78, 5) is 14.4. The van der Waals surface area contributed by atoms with E-state index >= 15 is 0 Å². The zero-order valence-electron chi connectivity index (χ0n) is 10.1. The zero-order valence-corrected chi connectivity index (χ0v) is 10.9. The molecule has 0 saturated carbocycles. The van der Waals surface area contributed by atoms with E-state index in [2.05, 4.69) is 17.1 Å². The van der Waals surface area contributed by atoms with Gasteiger partial charge in [-0.05, 0) is 32.4 Å². The molecule has 1 N–H and O–H groups in total. The van der Waals surface area contributed by atoms with Gasteiger partial charge < -0.3 is 10.2 Å². The van der Waals surface area contributed by atoms with E-state index in [-0.39, 0.29) is 0 Å². The van der Waals surface area contributed by atoms with Gasteiger partial charge in [0.05, 0.1) is 0 Å². The minimum atomic E-state index is 0.293. The first-order valence-corrected chi connectivity index (χ1v) is 7.47. The Morgan fingerprint density at radius 2 is 2.19 bits per heavy atom. The lowest BCUT2D eigenvalue weighted by Crippen LogP contribution is -2.46. The molecule has 2 aliphatic heterocycles. The third-order valence-electron chi connectivity index (χ3n) is 3.59. The van der Waals surface area contributed by atoms with Crippen LogP contribution in [0.25, 0.3) is 0 Å². The molecule has 4 heteroatoms. The van der Waals surface area contributed by atoms with Crippen LogP contribution in [0.15, 0.2) is 0 Å². The Morgan fingerprint density at radius 3 is 2.88 bits per heavy atom. The van der Waals surface area contributed by atoms with Crippen molar-refractivity contribution in [3.05, 3.63) is 0 Å². The Kier molecular flexibility index (Phi) is 4.53. The molecular weight excluding hydrogens is 220 g/mol. The Hall–Kier alpha value is -0.220. The number of hydrogen-bond donors (Lipinski definition) is 1. The maximum atomic E-state index is 12.3. The summed E-state index contributed by atoms with van der Waals surface area (Å²) in [5.41, 5.74) is 0. The van der Waals surface area contributed by atoms with Crippen LogP contribution in [0.5, 0.6) is 0 Å².